The highest BCUT2D eigenvalue weighted by molar-refractivity contribution is 6.76. The molecule has 2 saturated heterocycles. The Morgan fingerprint density at radius 3 is 2.18 bits per heavy atom. The van der Waals surface area contributed by atoms with E-state index in [4.69, 9.17) is 24.2 Å². The number of nitrogens with one attached hydrogen (secondary N) is 1. The quantitative estimate of drug-likeness (QED) is 0.0938. The Kier molecular flexibility index (Phi) is 12.9. The number of pyridine rings is 1. The van der Waals surface area contributed by atoms with E-state index in [1.807, 2.05) is 43.8 Å². The van der Waals surface area contributed by atoms with Gasteiger partial charge in [-0.25, -0.2) is 14.8 Å². The van der Waals surface area contributed by atoms with E-state index in [0.29, 0.717) is 31.5 Å². The van der Waals surface area contributed by atoms with Crippen LogP contribution in [0.25, 0.3) is 28.2 Å². The molecule has 1 amide bonds. The number of amides is 1. The van der Waals surface area contributed by atoms with Crippen molar-refractivity contribution in [2.75, 3.05) is 26.3 Å². The fraction of sp³-hybridized carbons (Fsp3) is 0.571. The standard InChI is InChI=1S/C42H63N7O5Si2/c1-42(2,3)54-41(51)47-20-11-13-35(47)40-45-37(28-46(40)29-52-22-24-55(4,5)6)48-21-18-33(26-38(48)50)31-14-16-32(17-15-31)36-27-44-39(34-12-10-19-43-34)49(36)30-53-23-25-56(7,8)9/h14-18,21,26-28,34-35,43H,10-13,19-20,22-25,29-30H2,1-9H3/t34-,35-/m0/s1. The predicted octanol–water partition coefficient (Wildman–Crippen LogP) is 8.69. The lowest BCUT2D eigenvalue weighted by Crippen LogP contribution is -2.37. The fourth-order valence-corrected chi connectivity index (χ4v) is 8.68. The second-order valence-corrected chi connectivity index (χ2v) is 30.0. The van der Waals surface area contributed by atoms with Crippen molar-refractivity contribution in [3.8, 4) is 28.2 Å². The first-order chi connectivity index (χ1) is 26.5. The summed E-state index contributed by atoms with van der Waals surface area (Å²) in [6, 6.07) is 14.0. The summed E-state index contributed by atoms with van der Waals surface area (Å²) in [5.74, 6) is 2.20. The van der Waals surface area contributed by atoms with Crippen molar-refractivity contribution < 1.29 is 19.0 Å². The van der Waals surface area contributed by atoms with E-state index in [1.165, 1.54) is 0 Å². The van der Waals surface area contributed by atoms with Crippen molar-refractivity contribution in [3.05, 3.63) is 77.0 Å². The van der Waals surface area contributed by atoms with E-state index in [1.54, 1.807) is 21.7 Å². The highest BCUT2D eigenvalue weighted by Gasteiger charge is 2.36. The van der Waals surface area contributed by atoms with Crippen LogP contribution < -0.4 is 10.9 Å². The molecular formula is C42H63N7O5Si2. The number of nitrogens with zero attached hydrogens (tertiary/aromatic N) is 6. The van der Waals surface area contributed by atoms with Crippen LogP contribution >= 0.6 is 0 Å². The Hall–Kier alpha value is -3.83. The Balaban J connectivity index is 1.23. The Labute approximate surface area is 334 Å². The number of imidazole rings is 2. The first-order valence-electron chi connectivity index (χ1n) is 20.3. The van der Waals surface area contributed by atoms with Crippen molar-refractivity contribution in [2.45, 2.75) is 129 Å². The van der Waals surface area contributed by atoms with Crippen LogP contribution in [0.1, 0.15) is 70.2 Å². The fourth-order valence-electron chi connectivity index (χ4n) is 7.17. The molecule has 0 radical (unpaired) electrons. The normalized spacial score (nSPS) is 17.9. The first kappa shape index (κ1) is 41.8. The number of hydrogen-bond donors (Lipinski definition) is 1. The average Bonchev–Trinajstić information content (AvgIpc) is 3.94. The molecule has 56 heavy (non-hydrogen) atoms. The third-order valence-electron chi connectivity index (χ3n) is 10.4. The molecule has 12 nitrogen and oxygen atoms in total. The third-order valence-corrected chi connectivity index (χ3v) is 13.8. The zero-order valence-corrected chi connectivity index (χ0v) is 37.1. The van der Waals surface area contributed by atoms with Gasteiger partial charge in [0.2, 0.25) is 0 Å². The SMILES string of the molecule is CC(C)(C)OC(=O)N1CCC[C@H]1c1nc(-n2ccc(-c3ccc(-c4cnc([C@@H]5CCCN5)n4COCC[Si](C)(C)C)cc3)cc2=O)cn1COCC[Si](C)(C)C. The second-order valence-electron chi connectivity index (χ2n) is 18.7. The molecule has 4 aromatic rings. The minimum atomic E-state index is -1.29. The van der Waals surface area contributed by atoms with Gasteiger partial charge in [-0.15, -0.1) is 0 Å². The number of ether oxygens (including phenoxy) is 3. The molecule has 0 spiro atoms. The smallest absolute Gasteiger partial charge is 0.410 e. The van der Waals surface area contributed by atoms with E-state index < -0.39 is 21.7 Å². The maximum absolute atomic E-state index is 13.8. The summed E-state index contributed by atoms with van der Waals surface area (Å²) in [6.45, 7) is 23.4. The minimum Gasteiger partial charge on any atom is -0.444 e. The van der Waals surface area contributed by atoms with Gasteiger partial charge in [0, 0.05) is 48.2 Å². The lowest BCUT2D eigenvalue weighted by molar-refractivity contribution is 0.0204. The summed E-state index contributed by atoms with van der Waals surface area (Å²) in [7, 11) is -2.49. The summed E-state index contributed by atoms with van der Waals surface area (Å²) < 4.78 is 23.9. The molecule has 1 N–H and O–H groups in total. The van der Waals surface area contributed by atoms with Gasteiger partial charge in [-0.05, 0) is 87.8 Å². The monoisotopic (exact) mass is 801 g/mol. The van der Waals surface area contributed by atoms with Gasteiger partial charge in [0.05, 0.1) is 30.2 Å². The maximum atomic E-state index is 13.8. The lowest BCUT2D eigenvalue weighted by atomic mass is 10.0. The molecule has 2 aliphatic rings. The maximum Gasteiger partial charge on any atom is 0.410 e. The molecule has 304 valence electrons. The number of rotatable bonds is 15. The molecule has 0 unspecified atom stereocenters. The summed E-state index contributed by atoms with van der Waals surface area (Å²) >= 11 is 0. The molecule has 0 bridgehead atoms. The van der Waals surface area contributed by atoms with Crippen molar-refractivity contribution in [1.29, 1.82) is 0 Å². The van der Waals surface area contributed by atoms with Gasteiger partial charge < -0.3 is 28.7 Å². The van der Waals surface area contributed by atoms with Gasteiger partial charge in [-0.2, -0.15) is 0 Å². The topological polar surface area (TPSA) is 118 Å². The van der Waals surface area contributed by atoms with Crippen LogP contribution in [0, 0.1) is 0 Å². The summed E-state index contributed by atoms with van der Waals surface area (Å²) in [5, 5.41) is 3.60. The van der Waals surface area contributed by atoms with Crippen LogP contribution in [0.15, 0.2) is 59.8 Å². The zero-order chi connectivity index (χ0) is 40.3. The van der Waals surface area contributed by atoms with Gasteiger partial charge >= 0.3 is 6.09 Å². The first-order valence-corrected chi connectivity index (χ1v) is 27.7. The van der Waals surface area contributed by atoms with Crippen LogP contribution in [0.5, 0.6) is 0 Å². The minimum absolute atomic E-state index is 0.194. The predicted molar refractivity (Wildman–Crippen MR) is 228 cm³/mol. The van der Waals surface area contributed by atoms with Crippen molar-refractivity contribution in [2.24, 2.45) is 0 Å². The van der Waals surface area contributed by atoms with Crippen LogP contribution in [0.2, 0.25) is 51.4 Å². The van der Waals surface area contributed by atoms with Crippen molar-refractivity contribution >= 4 is 22.2 Å². The number of aromatic nitrogens is 5. The molecule has 3 aromatic heterocycles. The highest BCUT2D eigenvalue weighted by Crippen LogP contribution is 2.34. The lowest BCUT2D eigenvalue weighted by Gasteiger charge is -2.28. The summed E-state index contributed by atoms with van der Waals surface area (Å²) in [5.41, 5.74) is 3.02. The van der Waals surface area contributed by atoms with Gasteiger partial charge in [-0.3, -0.25) is 14.3 Å². The molecule has 0 saturated carbocycles. The van der Waals surface area contributed by atoms with E-state index in [2.05, 4.69) is 73.4 Å². The summed E-state index contributed by atoms with van der Waals surface area (Å²) in [4.78, 5) is 38.7. The number of benzene rings is 1. The highest BCUT2D eigenvalue weighted by atomic mass is 28.3. The Morgan fingerprint density at radius 1 is 0.875 bits per heavy atom. The van der Waals surface area contributed by atoms with E-state index in [9.17, 15) is 9.59 Å². The van der Waals surface area contributed by atoms with Crippen LogP contribution in [0.4, 0.5) is 4.79 Å². The van der Waals surface area contributed by atoms with Gasteiger partial charge in [0.1, 0.15) is 30.7 Å². The molecule has 6 rings (SSSR count). The molecule has 2 aliphatic heterocycles. The van der Waals surface area contributed by atoms with E-state index >= 15 is 0 Å². The van der Waals surface area contributed by atoms with E-state index in [0.717, 1.165) is 79.1 Å². The van der Waals surface area contributed by atoms with Crippen LogP contribution in [0.3, 0.4) is 0 Å². The molecule has 2 atom stereocenters. The second kappa shape index (κ2) is 17.3. The van der Waals surface area contributed by atoms with Crippen molar-refractivity contribution in [1.82, 2.24) is 33.9 Å². The Bertz CT molecular complexity index is 2000. The zero-order valence-electron chi connectivity index (χ0n) is 35.1. The van der Waals surface area contributed by atoms with Gasteiger partial charge in [0.25, 0.3) is 5.56 Å². The molecule has 1 aromatic carbocycles. The van der Waals surface area contributed by atoms with Crippen molar-refractivity contribution in [3.63, 3.8) is 0 Å². The number of hydrogen-bond acceptors (Lipinski definition) is 8. The molecule has 14 heteroatoms. The molecule has 5 heterocycles. The van der Waals surface area contributed by atoms with Crippen LogP contribution in [-0.4, -0.2) is 82.7 Å². The van der Waals surface area contributed by atoms with E-state index in [-0.39, 0.29) is 30.5 Å². The van der Waals surface area contributed by atoms with Crippen LogP contribution in [-0.2, 0) is 27.7 Å². The average molecular weight is 802 g/mol. The van der Waals surface area contributed by atoms with Gasteiger partial charge in [0.15, 0.2) is 5.82 Å². The molecule has 2 fully saturated rings. The number of carbonyl (C=O) groups excluding carboxylic acids is 1. The summed E-state index contributed by atoms with van der Waals surface area (Å²) in [6.07, 6.45) is 9.03. The number of carbonyl (C=O) groups is 1. The number of likely N-dealkylation sites (tertiary alicyclic amines) is 1. The largest absolute Gasteiger partial charge is 0.444 e. The third kappa shape index (κ3) is 10.8. The Morgan fingerprint density at radius 2 is 1.55 bits per heavy atom. The van der Waals surface area contributed by atoms with Gasteiger partial charge in [-0.1, -0.05) is 63.5 Å². The molecule has 0 aliphatic carbocycles. The molecular weight excluding hydrogens is 739 g/mol.